The van der Waals surface area contributed by atoms with Crippen LogP contribution in [0, 0.1) is 0 Å². The standard InChI is InChI=1S/C16H20N4O2/c1-22-14-5-2-4-13(15(14)21)12-19-8-10-20(11-9-19)16-17-6-3-7-18-16/h2-7,21H,8-12H2,1H3/p+1. The molecule has 0 amide bonds. The third-order valence-electron chi connectivity index (χ3n) is 4.05. The van der Waals surface area contributed by atoms with Crippen LogP contribution in [0.15, 0.2) is 36.7 Å². The van der Waals surface area contributed by atoms with Crippen molar-refractivity contribution in [2.24, 2.45) is 0 Å². The molecule has 22 heavy (non-hydrogen) atoms. The number of para-hydroxylation sites is 1. The third kappa shape index (κ3) is 3.12. The zero-order chi connectivity index (χ0) is 15.4. The van der Waals surface area contributed by atoms with Gasteiger partial charge in [-0.1, -0.05) is 6.07 Å². The van der Waals surface area contributed by atoms with E-state index in [9.17, 15) is 5.11 Å². The van der Waals surface area contributed by atoms with Crippen LogP contribution >= 0.6 is 0 Å². The Morgan fingerprint density at radius 2 is 1.91 bits per heavy atom. The number of quaternary nitrogens is 1. The number of nitrogens with zero attached hydrogens (tertiary/aromatic N) is 3. The van der Waals surface area contributed by atoms with Crippen LogP contribution in [0.3, 0.4) is 0 Å². The minimum absolute atomic E-state index is 0.256. The minimum atomic E-state index is 0.256. The number of phenolic OH excluding ortho intramolecular Hbond substituents is 1. The van der Waals surface area contributed by atoms with Crippen LogP contribution in [-0.4, -0.2) is 48.4 Å². The highest BCUT2D eigenvalue weighted by Gasteiger charge is 2.23. The quantitative estimate of drug-likeness (QED) is 0.838. The number of nitrogens with one attached hydrogen (secondary N) is 1. The highest BCUT2D eigenvalue weighted by atomic mass is 16.5. The van der Waals surface area contributed by atoms with Gasteiger partial charge in [0.25, 0.3) is 0 Å². The fourth-order valence-corrected chi connectivity index (χ4v) is 2.80. The molecule has 2 heterocycles. The number of hydrogen-bond acceptors (Lipinski definition) is 5. The van der Waals surface area contributed by atoms with Crippen molar-refractivity contribution in [1.82, 2.24) is 9.97 Å². The molecular weight excluding hydrogens is 280 g/mol. The van der Waals surface area contributed by atoms with Crippen molar-refractivity contribution in [1.29, 1.82) is 0 Å². The Labute approximate surface area is 130 Å². The van der Waals surface area contributed by atoms with E-state index >= 15 is 0 Å². The Bertz CT molecular complexity index is 613. The predicted molar refractivity (Wildman–Crippen MR) is 83.3 cm³/mol. The van der Waals surface area contributed by atoms with Gasteiger partial charge in [0, 0.05) is 12.4 Å². The van der Waals surface area contributed by atoms with E-state index in [1.54, 1.807) is 25.6 Å². The van der Waals surface area contributed by atoms with E-state index in [1.165, 1.54) is 4.90 Å². The summed E-state index contributed by atoms with van der Waals surface area (Å²) < 4.78 is 5.17. The fourth-order valence-electron chi connectivity index (χ4n) is 2.80. The van der Waals surface area contributed by atoms with Crippen LogP contribution < -0.4 is 14.5 Å². The van der Waals surface area contributed by atoms with Gasteiger partial charge in [0.2, 0.25) is 5.95 Å². The van der Waals surface area contributed by atoms with Gasteiger partial charge in [-0.25, -0.2) is 9.97 Å². The molecule has 116 valence electrons. The van der Waals surface area contributed by atoms with E-state index < -0.39 is 0 Å². The molecule has 6 heteroatoms. The summed E-state index contributed by atoms with van der Waals surface area (Å²) >= 11 is 0. The van der Waals surface area contributed by atoms with Gasteiger partial charge in [-0.15, -0.1) is 0 Å². The number of ether oxygens (including phenoxy) is 1. The van der Waals surface area contributed by atoms with Gasteiger partial charge in [0.1, 0.15) is 6.54 Å². The lowest BCUT2D eigenvalue weighted by Gasteiger charge is -2.32. The largest absolute Gasteiger partial charge is 0.504 e. The molecule has 1 aromatic heterocycles. The Hall–Kier alpha value is -2.34. The highest BCUT2D eigenvalue weighted by molar-refractivity contribution is 5.44. The maximum atomic E-state index is 10.2. The smallest absolute Gasteiger partial charge is 0.225 e. The first-order chi connectivity index (χ1) is 10.8. The summed E-state index contributed by atoms with van der Waals surface area (Å²) in [6, 6.07) is 7.48. The lowest BCUT2D eigenvalue weighted by molar-refractivity contribution is -0.914. The van der Waals surface area contributed by atoms with Gasteiger partial charge in [0.05, 0.1) is 38.9 Å². The van der Waals surface area contributed by atoms with Gasteiger partial charge < -0.3 is 19.6 Å². The van der Waals surface area contributed by atoms with Crippen LogP contribution in [0.2, 0.25) is 0 Å². The number of anilines is 1. The van der Waals surface area contributed by atoms with E-state index in [2.05, 4.69) is 14.9 Å². The Morgan fingerprint density at radius 3 is 2.59 bits per heavy atom. The van der Waals surface area contributed by atoms with Gasteiger partial charge in [-0.3, -0.25) is 0 Å². The molecule has 0 unspecified atom stereocenters. The van der Waals surface area contributed by atoms with E-state index in [0.29, 0.717) is 5.75 Å². The zero-order valence-electron chi connectivity index (χ0n) is 12.7. The molecule has 0 bridgehead atoms. The molecule has 0 aliphatic carbocycles. The van der Waals surface area contributed by atoms with E-state index in [-0.39, 0.29) is 5.75 Å². The van der Waals surface area contributed by atoms with Crippen molar-refractivity contribution >= 4 is 5.95 Å². The second-order valence-corrected chi connectivity index (χ2v) is 5.43. The lowest BCUT2D eigenvalue weighted by Crippen LogP contribution is -3.13. The predicted octanol–water partition coefficient (Wildman–Crippen LogP) is 0.0959. The summed E-state index contributed by atoms with van der Waals surface area (Å²) in [6.07, 6.45) is 3.55. The molecule has 0 radical (unpaired) electrons. The van der Waals surface area contributed by atoms with Crippen LogP contribution in [0.5, 0.6) is 11.5 Å². The number of hydrogen-bond donors (Lipinski definition) is 2. The average molecular weight is 301 g/mol. The van der Waals surface area contributed by atoms with Crippen LogP contribution in [0.4, 0.5) is 5.95 Å². The first-order valence-corrected chi connectivity index (χ1v) is 7.48. The first kappa shape index (κ1) is 14.6. The SMILES string of the molecule is COc1cccc(C[NH+]2CCN(c3ncccn3)CC2)c1O. The molecule has 2 N–H and O–H groups in total. The number of aromatic nitrogens is 2. The maximum absolute atomic E-state index is 10.2. The second kappa shape index (κ2) is 6.62. The number of aromatic hydroxyl groups is 1. The van der Waals surface area contributed by atoms with E-state index in [0.717, 1.165) is 44.2 Å². The van der Waals surface area contributed by atoms with E-state index in [4.69, 9.17) is 4.74 Å². The van der Waals surface area contributed by atoms with Crippen molar-refractivity contribution in [2.45, 2.75) is 6.54 Å². The Balaban J connectivity index is 1.61. The van der Waals surface area contributed by atoms with Gasteiger partial charge in [-0.2, -0.15) is 0 Å². The number of phenols is 1. The topological polar surface area (TPSA) is 62.9 Å². The van der Waals surface area contributed by atoms with Crippen LogP contribution in [-0.2, 0) is 6.54 Å². The third-order valence-corrected chi connectivity index (χ3v) is 4.05. The second-order valence-electron chi connectivity index (χ2n) is 5.43. The molecule has 6 nitrogen and oxygen atoms in total. The molecule has 1 aliphatic rings. The summed E-state index contributed by atoms with van der Waals surface area (Å²) in [7, 11) is 1.57. The molecule has 0 atom stereocenters. The molecule has 1 aromatic carbocycles. The fraction of sp³-hybridized carbons (Fsp3) is 0.375. The van der Waals surface area contributed by atoms with Crippen molar-refractivity contribution < 1.29 is 14.7 Å². The molecule has 1 aliphatic heterocycles. The molecule has 0 saturated carbocycles. The summed E-state index contributed by atoms with van der Waals surface area (Å²) in [5.74, 6) is 1.59. The molecule has 0 spiro atoms. The van der Waals surface area contributed by atoms with E-state index in [1.807, 2.05) is 18.2 Å². The van der Waals surface area contributed by atoms with Crippen molar-refractivity contribution in [3.8, 4) is 11.5 Å². The summed E-state index contributed by atoms with van der Waals surface area (Å²) in [6.45, 7) is 4.63. The molecular formula is C16H21N4O2+. The van der Waals surface area contributed by atoms with Crippen molar-refractivity contribution in [3.05, 3.63) is 42.2 Å². The number of rotatable bonds is 4. The normalized spacial score (nSPS) is 15.8. The maximum Gasteiger partial charge on any atom is 0.225 e. The monoisotopic (exact) mass is 301 g/mol. The van der Waals surface area contributed by atoms with Crippen LogP contribution in [0.25, 0.3) is 0 Å². The average Bonchev–Trinajstić information content (AvgIpc) is 2.58. The molecule has 1 saturated heterocycles. The lowest BCUT2D eigenvalue weighted by atomic mass is 10.1. The molecule has 3 rings (SSSR count). The molecule has 1 fully saturated rings. The zero-order valence-corrected chi connectivity index (χ0v) is 12.7. The van der Waals surface area contributed by atoms with Crippen molar-refractivity contribution in [3.63, 3.8) is 0 Å². The summed E-state index contributed by atoms with van der Waals surface area (Å²) in [4.78, 5) is 12.2. The van der Waals surface area contributed by atoms with Crippen LogP contribution in [0.1, 0.15) is 5.56 Å². The summed E-state index contributed by atoms with van der Waals surface area (Å²) in [5, 5.41) is 10.2. The number of benzene rings is 1. The minimum Gasteiger partial charge on any atom is -0.504 e. The highest BCUT2D eigenvalue weighted by Crippen LogP contribution is 2.28. The molecule has 2 aromatic rings. The van der Waals surface area contributed by atoms with Gasteiger partial charge in [0.15, 0.2) is 11.5 Å². The van der Waals surface area contributed by atoms with Crippen molar-refractivity contribution in [2.75, 3.05) is 38.2 Å². The van der Waals surface area contributed by atoms with Gasteiger partial charge >= 0.3 is 0 Å². The van der Waals surface area contributed by atoms with Gasteiger partial charge in [-0.05, 0) is 18.2 Å². The summed E-state index contributed by atoms with van der Waals surface area (Å²) in [5.41, 5.74) is 0.929. The Morgan fingerprint density at radius 1 is 1.18 bits per heavy atom. The number of methoxy groups -OCH3 is 1. The Kier molecular flexibility index (Phi) is 4.39. The first-order valence-electron chi connectivity index (χ1n) is 7.48. The number of piperazine rings is 1.